The van der Waals surface area contributed by atoms with Crippen LogP contribution in [0.1, 0.15) is 23.1 Å². The summed E-state index contributed by atoms with van der Waals surface area (Å²) in [4.78, 5) is 29.3. The van der Waals surface area contributed by atoms with Crippen molar-refractivity contribution in [1.29, 1.82) is 0 Å². The van der Waals surface area contributed by atoms with Crippen molar-refractivity contribution in [2.75, 3.05) is 29.9 Å². The maximum absolute atomic E-state index is 11.4. The highest BCUT2D eigenvalue weighted by Gasteiger charge is 2.23. The first kappa shape index (κ1) is 21.4. The largest absolute Gasteiger partial charge is 0.302 e. The van der Waals surface area contributed by atoms with Crippen LogP contribution in [0.5, 0.6) is 0 Å². The Bertz CT molecular complexity index is 917. The van der Waals surface area contributed by atoms with Gasteiger partial charge in [-0.25, -0.2) is 4.98 Å². The van der Waals surface area contributed by atoms with Gasteiger partial charge in [-0.05, 0) is 23.8 Å². The Labute approximate surface area is 173 Å². The fourth-order valence-corrected chi connectivity index (χ4v) is 5.16. The minimum atomic E-state index is -2.46. The molecule has 1 amide bonds. The SMILES string of the molecule is CC(=O)Nc1nc(C=Cc2ccc([N+](=O)[O-])cc2)c(CN2CCS(O)(O)CC2)s1. The number of non-ortho nitro benzene ring substituents is 1. The highest BCUT2D eigenvalue weighted by Crippen LogP contribution is 2.41. The average Bonchev–Trinajstić information content (AvgIpc) is 3.02. The zero-order chi connectivity index (χ0) is 21.0. The number of hydrogen-bond donors (Lipinski definition) is 3. The Morgan fingerprint density at radius 1 is 1.31 bits per heavy atom. The molecule has 2 heterocycles. The van der Waals surface area contributed by atoms with Gasteiger partial charge in [0.25, 0.3) is 5.69 Å². The van der Waals surface area contributed by atoms with Crippen LogP contribution in [0.25, 0.3) is 12.2 Å². The van der Waals surface area contributed by atoms with Crippen molar-refractivity contribution in [2.45, 2.75) is 13.5 Å². The van der Waals surface area contributed by atoms with E-state index in [0.29, 0.717) is 42.0 Å². The molecule has 0 aliphatic carbocycles. The van der Waals surface area contributed by atoms with E-state index in [1.807, 2.05) is 12.2 Å². The van der Waals surface area contributed by atoms with Gasteiger partial charge in [-0.3, -0.25) is 28.9 Å². The summed E-state index contributed by atoms with van der Waals surface area (Å²) in [7, 11) is -2.46. The van der Waals surface area contributed by atoms with E-state index in [-0.39, 0.29) is 11.6 Å². The van der Waals surface area contributed by atoms with Crippen LogP contribution in [-0.2, 0) is 11.3 Å². The molecule has 11 heteroatoms. The second kappa shape index (κ2) is 9.01. The van der Waals surface area contributed by atoms with E-state index >= 15 is 0 Å². The van der Waals surface area contributed by atoms with E-state index in [4.69, 9.17) is 0 Å². The minimum Gasteiger partial charge on any atom is -0.302 e. The van der Waals surface area contributed by atoms with Gasteiger partial charge >= 0.3 is 0 Å². The average molecular weight is 439 g/mol. The lowest BCUT2D eigenvalue weighted by atomic mass is 10.2. The first-order valence-corrected chi connectivity index (χ1v) is 11.6. The lowest BCUT2D eigenvalue weighted by molar-refractivity contribution is -0.384. The smallest absolute Gasteiger partial charge is 0.269 e. The molecule has 9 nitrogen and oxygen atoms in total. The number of thiazole rings is 1. The van der Waals surface area contributed by atoms with Crippen molar-refractivity contribution in [3.63, 3.8) is 0 Å². The molecule has 0 saturated carbocycles. The number of nitro benzene ring substituents is 1. The molecule has 0 radical (unpaired) electrons. The van der Waals surface area contributed by atoms with Crippen molar-refractivity contribution < 1.29 is 18.8 Å². The third kappa shape index (κ3) is 6.08. The Balaban J connectivity index is 1.77. The summed E-state index contributed by atoms with van der Waals surface area (Å²) in [6.45, 7) is 3.18. The third-order valence-corrected chi connectivity index (χ3v) is 7.03. The van der Waals surface area contributed by atoms with E-state index in [9.17, 15) is 24.0 Å². The number of benzene rings is 1. The lowest BCUT2D eigenvalue weighted by Crippen LogP contribution is -2.37. The summed E-state index contributed by atoms with van der Waals surface area (Å²) >= 11 is 1.38. The predicted molar refractivity (Wildman–Crippen MR) is 116 cm³/mol. The normalized spacial score (nSPS) is 17.9. The van der Waals surface area contributed by atoms with Gasteiger partial charge in [0.2, 0.25) is 5.91 Å². The van der Waals surface area contributed by atoms with E-state index in [2.05, 4.69) is 15.2 Å². The number of hydrogen-bond acceptors (Lipinski definition) is 8. The van der Waals surface area contributed by atoms with Gasteiger partial charge in [0.1, 0.15) is 0 Å². The molecule has 2 aromatic rings. The van der Waals surface area contributed by atoms with Crippen molar-refractivity contribution >= 4 is 50.8 Å². The molecule has 29 heavy (non-hydrogen) atoms. The molecule has 3 rings (SSSR count). The lowest BCUT2D eigenvalue weighted by Gasteiger charge is -2.40. The number of carbonyl (C=O) groups is 1. The second-order valence-corrected chi connectivity index (χ2v) is 10.2. The zero-order valence-electron chi connectivity index (χ0n) is 15.8. The molecular formula is C18H22N4O5S2. The van der Waals surface area contributed by atoms with Gasteiger partial charge in [0.15, 0.2) is 5.13 Å². The van der Waals surface area contributed by atoms with Crippen molar-refractivity contribution in [3.8, 4) is 0 Å². The predicted octanol–water partition coefficient (Wildman–Crippen LogP) is 3.75. The number of nitro groups is 1. The molecule has 3 N–H and O–H groups in total. The number of nitrogens with zero attached hydrogens (tertiary/aromatic N) is 3. The van der Waals surface area contributed by atoms with Crippen LogP contribution in [0.2, 0.25) is 0 Å². The molecule has 1 fully saturated rings. The molecule has 0 spiro atoms. The summed E-state index contributed by atoms with van der Waals surface area (Å²) in [5.41, 5.74) is 1.53. The summed E-state index contributed by atoms with van der Waals surface area (Å²) in [6.07, 6.45) is 3.63. The molecule has 1 aliphatic heterocycles. The Morgan fingerprint density at radius 2 is 1.97 bits per heavy atom. The maximum Gasteiger partial charge on any atom is 0.269 e. The van der Waals surface area contributed by atoms with Gasteiger partial charge in [0.05, 0.1) is 22.1 Å². The third-order valence-electron chi connectivity index (χ3n) is 4.38. The number of aromatic nitrogens is 1. The van der Waals surface area contributed by atoms with Gasteiger partial charge in [-0.2, -0.15) is 10.6 Å². The maximum atomic E-state index is 11.4. The fourth-order valence-electron chi connectivity index (χ4n) is 2.82. The molecule has 156 valence electrons. The Kier molecular flexibility index (Phi) is 6.65. The van der Waals surface area contributed by atoms with E-state index in [1.165, 1.54) is 30.4 Å². The van der Waals surface area contributed by atoms with Gasteiger partial charge < -0.3 is 5.32 Å². The first-order chi connectivity index (χ1) is 13.7. The van der Waals surface area contributed by atoms with Gasteiger partial charge in [0, 0.05) is 43.6 Å². The quantitative estimate of drug-likeness (QED) is 0.463. The van der Waals surface area contributed by atoms with E-state index in [0.717, 1.165) is 10.4 Å². The highest BCUT2D eigenvalue weighted by atomic mass is 32.3. The topological polar surface area (TPSA) is 129 Å². The van der Waals surface area contributed by atoms with E-state index in [1.54, 1.807) is 12.1 Å². The van der Waals surface area contributed by atoms with Crippen molar-refractivity contribution in [2.24, 2.45) is 0 Å². The van der Waals surface area contributed by atoms with Crippen LogP contribution in [0.4, 0.5) is 10.8 Å². The van der Waals surface area contributed by atoms with E-state index < -0.39 is 15.5 Å². The molecular weight excluding hydrogens is 416 g/mol. The van der Waals surface area contributed by atoms with Gasteiger partial charge in [-0.1, -0.05) is 17.4 Å². The summed E-state index contributed by atoms with van der Waals surface area (Å²) < 4.78 is 19.6. The number of anilines is 1. The molecule has 1 saturated heterocycles. The molecule has 0 bridgehead atoms. The monoisotopic (exact) mass is 438 g/mol. The van der Waals surface area contributed by atoms with Crippen LogP contribution in [0.3, 0.4) is 0 Å². The Hall–Kier alpha value is -2.31. The summed E-state index contributed by atoms with van der Waals surface area (Å²) in [5.74, 6) is 0.513. The summed E-state index contributed by atoms with van der Waals surface area (Å²) in [5, 5.41) is 14.0. The van der Waals surface area contributed by atoms with Crippen LogP contribution in [-0.4, -0.2) is 54.4 Å². The number of rotatable bonds is 6. The standard InChI is InChI=1S/C18H22N4O5S2/c1-13(23)19-18-20-16(7-4-14-2-5-15(6-3-14)22(24)25)17(28-18)12-21-8-10-29(26,27)11-9-21/h2-7,26-27H,8-12H2,1H3,(H,19,20,23). The molecule has 0 atom stereocenters. The fraction of sp³-hybridized carbons (Fsp3) is 0.333. The first-order valence-electron chi connectivity index (χ1n) is 8.88. The zero-order valence-corrected chi connectivity index (χ0v) is 17.4. The highest BCUT2D eigenvalue weighted by molar-refractivity contribution is 8.24. The molecule has 0 unspecified atom stereocenters. The van der Waals surface area contributed by atoms with Gasteiger partial charge in [-0.15, -0.1) is 0 Å². The molecule has 1 aromatic heterocycles. The van der Waals surface area contributed by atoms with Crippen LogP contribution in [0.15, 0.2) is 24.3 Å². The number of nitrogens with one attached hydrogen (secondary N) is 1. The Morgan fingerprint density at radius 3 is 2.55 bits per heavy atom. The number of amides is 1. The molecule has 1 aromatic carbocycles. The molecule has 1 aliphatic rings. The van der Waals surface area contributed by atoms with Crippen LogP contribution in [0, 0.1) is 10.1 Å². The number of carbonyl (C=O) groups excluding carboxylic acids is 1. The minimum absolute atomic E-state index is 0.0283. The van der Waals surface area contributed by atoms with Crippen LogP contribution < -0.4 is 5.32 Å². The van der Waals surface area contributed by atoms with Crippen LogP contribution >= 0.6 is 21.9 Å². The van der Waals surface area contributed by atoms with Crippen molar-refractivity contribution in [1.82, 2.24) is 9.88 Å². The second-order valence-electron chi connectivity index (χ2n) is 6.68. The summed E-state index contributed by atoms with van der Waals surface area (Å²) in [6, 6.07) is 6.20. The van der Waals surface area contributed by atoms with Crippen molar-refractivity contribution in [3.05, 3.63) is 50.5 Å².